The van der Waals surface area contributed by atoms with Crippen molar-refractivity contribution in [1.82, 2.24) is 9.97 Å². The number of benzene rings is 2. The molecule has 2 heterocycles. The van der Waals surface area contributed by atoms with Crippen molar-refractivity contribution < 1.29 is 14.2 Å². The number of hydrogen-bond donors (Lipinski definition) is 2. The molecular formula is C20H20Cl2N4O3. The van der Waals surface area contributed by atoms with Crippen molar-refractivity contribution in [2.24, 2.45) is 5.73 Å². The lowest BCUT2D eigenvalue weighted by Gasteiger charge is -2.16. The van der Waals surface area contributed by atoms with Crippen molar-refractivity contribution in [3.63, 3.8) is 0 Å². The molecule has 152 valence electrons. The van der Waals surface area contributed by atoms with Crippen LogP contribution < -0.4 is 20.5 Å². The minimum absolute atomic E-state index is 0.00594. The standard InChI is InChI=1S/C20H20Cl2N4O3/c1-27-15-6-16(28-2)19(22)17(18(15)21)10-3-4-13-11(5-10)7-24-20(25-13)26-14-9-29-8-12(14)23/h3-7,12,14H,8-9,23H2,1-2H3,(H,24,25,26). The van der Waals surface area contributed by atoms with Crippen LogP contribution in [0.3, 0.4) is 0 Å². The maximum atomic E-state index is 6.53. The van der Waals surface area contributed by atoms with Crippen LogP contribution in [0.5, 0.6) is 11.5 Å². The van der Waals surface area contributed by atoms with Crippen LogP contribution >= 0.6 is 23.2 Å². The number of aromatic nitrogens is 2. The molecule has 0 bridgehead atoms. The summed E-state index contributed by atoms with van der Waals surface area (Å²) in [6.07, 6.45) is 1.74. The van der Waals surface area contributed by atoms with Crippen LogP contribution in [0.1, 0.15) is 0 Å². The molecule has 1 aliphatic rings. The first-order chi connectivity index (χ1) is 14.0. The number of fused-ring (bicyclic) bond motifs is 1. The predicted molar refractivity (Wildman–Crippen MR) is 114 cm³/mol. The largest absolute Gasteiger partial charge is 0.495 e. The third-order valence-electron chi connectivity index (χ3n) is 4.88. The molecule has 0 aliphatic carbocycles. The quantitative estimate of drug-likeness (QED) is 0.631. The van der Waals surface area contributed by atoms with Crippen molar-refractivity contribution in [2.75, 3.05) is 32.8 Å². The highest BCUT2D eigenvalue weighted by Crippen LogP contribution is 2.46. The maximum absolute atomic E-state index is 6.53. The molecule has 2 aromatic carbocycles. The number of anilines is 1. The number of hydrogen-bond acceptors (Lipinski definition) is 7. The monoisotopic (exact) mass is 434 g/mol. The Hall–Kier alpha value is -2.32. The van der Waals surface area contributed by atoms with Crippen molar-refractivity contribution in [2.45, 2.75) is 12.1 Å². The second kappa shape index (κ2) is 8.20. The van der Waals surface area contributed by atoms with Gasteiger partial charge >= 0.3 is 0 Å². The summed E-state index contributed by atoms with van der Waals surface area (Å²) >= 11 is 13.1. The van der Waals surface area contributed by atoms with Crippen LogP contribution in [0.25, 0.3) is 22.0 Å². The molecule has 29 heavy (non-hydrogen) atoms. The van der Waals surface area contributed by atoms with Crippen LogP contribution in [0.15, 0.2) is 30.5 Å². The van der Waals surface area contributed by atoms with Crippen molar-refractivity contribution >= 4 is 40.1 Å². The van der Waals surface area contributed by atoms with Gasteiger partial charge in [0.15, 0.2) is 0 Å². The summed E-state index contributed by atoms with van der Waals surface area (Å²) < 4.78 is 16.1. The molecule has 2 atom stereocenters. The van der Waals surface area contributed by atoms with Crippen LogP contribution in [-0.2, 0) is 4.74 Å². The van der Waals surface area contributed by atoms with Gasteiger partial charge in [-0.25, -0.2) is 9.97 Å². The number of rotatable bonds is 5. The van der Waals surface area contributed by atoms with Crippen LogP contribution in [0.2, 0.25) is 10.0 Å². The maximum Gasteiger partial charge on any atom is 0.223 e. The Balaban J connectivity index is 1.72. The Morgan fingerprint density at radius 3 is 2.45 bits per heavy atom. The van der Waals surface area contributed by atoms with E-state index in [1.165, 1.54) is 0 Å². The second-order valence-electron chi connectivity index (χ2n) is 6.70. The number of methoxy groups -OCH3 is 2. The summed E-state index contributed by atoms with van der Waals surface area (Å²) in [5.41, 5.74) is 8.22. The molecule has 9 heteroatoms. The average Bonchev–Trinajstić information content (AvgIpc) is 3.13. The van der Waals surface area contributed by atoms with Gasteiger partial charge < -0.3 is 25.3 Å². The van der Waals surface area contributed by atoms with E-state index >= 15 is 0 Å². The van der Waals surface area contributed by atoms with Gasteiger partial charge in [0, 0.05) is 23.2 Å². The third-order valence-corrected chi connectivity index (χ3v) is 5.63. The molecule has 0 spiro atoms. The molecule has 4 rings (SSSR count). The van der Waals surface area contributed by atoms with Gasteiger partial charge in [-0.05, 0) is 17.7 Å². The molecular weight excluding hydrogens is 415 g/mol. The highest BCUT2D eigenvalue weighted by atomic mass is 35.5. The number of ether oxygens (including phenoxy) is 3. The number of nitrogens with one attached hydrogen (secondary N) is 1. The van der Waals surface area contributed by atoms with Crippen LogP contribution in [0.4, 0.5) is 5.95 Å². The fourth-order valence-electron chi connectivity index (χ4n) is 3.28. The first kappa shape index (κ1) is 20.0. The zero-order chi connectivity index (χ0) is 20.5. The van der Waals surface area contributed by atoms with E-state index in [-0.39, 0.29) is 12.1 Å². The molecule has 3 aromatic rings. The molecule has 3 N–H and O–H groups in total. The minimum Gasteiger partial charge on any atom is -0.495 e. The van der Waals surface area contributed by atoms with Crippen LogP contribution in [0, 0.1) is 0 Å². The van der Waals surface area contributed by atoms with Crippen molar-refractivity contribution in [1.29, 1.82) is 0 Å². The van der Waals surface area contributed by atoms with Gasteiger partial charge in [0.25, 0.3) is 0 Å². The molecule has 0 saturated carbocycles. The van der Waals surface area contributed by atoms with E-state index in [1.54, 1.807) is 26.5 Å². The molecule has 7 nitrogen and oxygen atoms in total. The second-order valence-corrected chi connectivity index (χ2v) is 7.46. The van der Waals surface area contributed by atoms with E-state index in [9.17, 15) is 0 Å². The van der Waals surface area contributed by atoms with E-state index in [0.717, 1.165) is 16.5 Å². The van der Waals surface area contributed by atoms with E-state index in [2.05, 4.69) is 15.3 Å². The van der Waals surface area contributed by atoms with E-state index in [4.69, 9.17) is 43.1 Å². The summed E-state index contributed by atoms with van der Waals surface area (Å²) in [5.74, 6) is 1.47. The van der Waals surface area contributed by atoms with Gasteiger partial charge in [0.2, 0.25) is 5.95 Å². The topological polar surface area (TPSA) is 91.5 Å². The van der Waals surface area contributed by atoms with E-state index in [1.807, 2.05) is 18.2 Å². The minimum atomic E-state index is -0.0796. The van der Waals surface area contributed by atoms with Gasteiger partial charge in [-0.15, -0.1) is 0 Å². The zero-order valence-corrected chi connectivity index (χ0v) is 17.4. The molecule has 2 unspecified atom stereocenters. The molecule has 0 radical (unpaired) electrons. The lowest BCUT2D eigenvalue weighted by atomic mass is 10.0. The number of nitrogens with zero attached hydrogens (tertiary/aromatic N) is 2. The Kier molecular flexibility index (Phi) is 5.65. The third kappa shape index (κ3) is 3.79. The van der Waals surface area contributed by atoms with Gasteiger partial charge in [0.05, 0.1) is 55.1 Å². The summed E-state index contributed by atoms with van der Waals surface area (Å²) in [7, 11) is 3.09. The van der Waals surface area contributed by atoms with Gasteiger partial charge in [0.1, 0.15) is 11.5 Å². The normalized spacial score (nSPS) is 18.8. The molecule has 0 amide bonds. The van der Waals surface area contributed by atoms with Crippen molar-refractivity contribution in [3.05, 3.63) is 40.5 Å². The number of nitrogens with two attached hydrogens (primary N) is 1. The van der Waals surface area contributed by atoms with Crippen LogP contribution in [-0.4, -0.2) is 49.5 Å². The van der Waals surface area contributed by atoms with Crippen molar-refractivity contribution in [3.8, 4) is 22.6 Å². The summed E-state index contributed by atoms with van der Waals surface area (Å²) in [6.45, 7) is 1.07. The Morgan fingerprint density at radius 1 is 1.10 bits per heavy atom. The lowest BCUT2D eigenvalue weighted by molar-refractivity contribution is 0.192. The summed E-state index contributed by atoms with van der Waals surface area (Å²) in [4.78, 5) is 8.97. The summed E-state index contributed by atoms with van der Waals surface area (Å²) in [6, 6.07) is 7.29. The lowest BCUT2D eigenvalue weighted by Crippen LogP contribution is -2.39. The fraction of sp³-hybridized carbons (Fsp3) is 0.300. The molecule has 1 fully saturated rings. The van der Waals surface area contributed by atoms with Gasteiger partial charge in [-0.2, -0.15) is 0 Å². The smallest absolute Gasteiger partial charge is 0.223 e. The Labute approximate surface area is 178 Å². The highest BCUT2D eigenvalue weighted by Gasteiger charge is 2.25. The summed E-state index contributed by atoms with van der Waals surface area (Å²) in [5, 5.41) is 4.89. The first-order valence-electron chi connectivity index (χ1n) is 8.98. The Bertz CT molecular complexity index is 1040. The predicted octanol–water partition coefficient (Wildman–Crippen LogP) is 3.76. The molecule has 1 saturated heterocycles. The highest BCUT2D eigenvalue weighted by molar-refractivity contribution is 6.41. The zero-order valence-electron chi connectivity index (χ0n) is 15.9. The number of halogens is 2. The SMILES string of the molecule is COc1cc(OC)c(Cl)c(-c2ccc3nc(NC4COCC4N)ncc3c2)c1Cl. The van der Waals surface area contributed by atoms with Gasteiger partial charge in [-0.3, -0.25) is 0 Å². The molecule has 1 aromatic heterocycles. The van der Waals surface area contributed by atoms with E-state index in [0.29, 0.717) is 46.3 Å². The Morgan fingerprint density at radius 2 is 1.83 bits per heavy atom. The fourth-order valence-corrected chi connectivity index (χ4v) is 4.00. The average molecular weight is 435 g/mol. The van der Waals surface area contributed by atoms with Gasteiger partial charge in [-0.1, -0.05) is 29.3 Å². The first-order valence-corrected chi connectivity index (χ1v) is 9.74. The van der Waals surface area contributed by atoms with E-state index < -0.39 is 0 Å². The molecule has 1 aliphatic heterocycles.